The van der Waals surface area contributed by atoms with Crippen LogP contribution < -0.4 is 10.1 Å². The zero-order valence-corrected chi connectivity index (χ0v) is 16.4. The summed E-state index contributed by atoms with van der Waals surface area (Å²) in [6.45, 7) is 0.953. The average Bonchev–Trinajstić information content (AvgIpc) is 3.40. The molecule has 1 N–H and O–H groups in total. The van der Waals surface area contributed by atoms with E-state index in [9.17, 15) is 19.2 Å². The van der Waals surface area contributed by atoms with Gasteiger partial charge in [-0.05, 0) is 50.2 Å². The van der Waals surface area contributed by atoms with E-state index in [1.807, 2.05) is 0 Å². The molecule has 0 unspecified atom stereocenters. The van der Waals surface area contributed by atoms with Gasteiger partial charge in [-0.2, -0.15) is 0 Å². The lowest BCUT2D eigenvalue weighted by Crippen LogP contribution is -2.45. The van der Waals surface area contributed by atoms with Gasteiger partial charge < -0.3 is 14.8 Å². The number of likely N-dealkylation sites (tertiary alicyclic amines) is 1. The number of methoxy groups -OCH3 is 1. The summed E-state index contributed by atoms with van der Waals surface area (Å²) < 4.78 is 10.2. The predicted octanol–water partition coefficient (Wildman–Crippen LogP) is 1.60. The van der Waals surface area contributed by atoms with Gasteiger partial charge >= 0.3 is 5.97 Å². The first-order valence-electron chi connectivity index (χ1n) is 9.88. The van der Waals surface area contributed by atoms with Crippen LogP contribution in [0.15, 0.2) is 24.3 Å². The van der Waals surface area contributed by atoms with Crippen LogP contribution in [-0.4, -0.2) is 48.3 Å². The van der Waals surface area contributed by atoms with Crippen LogP contribution in [0.25, 0.3) is 0 Å². The summed E-state index contributed by atoms with van der Waals surface area (Å²) in [5.74, 6) is -1.43. The molecule has 0 aromatic heterocycles. The Morgan fingerprint density at radius 2 is 1.76 bits per heavy atom. The summed E-state index contributed by atoms with van der Waals surface area (Å²) in [6, 6.07) is 5.82. The third-order valence-corrected chi connectivity index (χ3v) is 6.42. The highest BCUT2D eigenvalue weighted by Gasteiger charge is 2.62. The molecule has 5 atom stereocenters. The van der Waals surface area contributed by atoms with Crippen molar-refractivity contribution in [2.75, 3.05) is 19.0 Å². The fraction of sp³-hybridized carbons (Fsp3) is 0.524. The van der Waals surface area contributed by atoms with Gasteiger partial charge in [-0.25, -0.2) is 4.79 Å². The van der Waals surface area contributed by atoms with Crippen molar-refractivity contribution < 1.29 is 28.7 Å². The molecule has 1 saturated heterocycles. The molecule has 3 fully saturated rings. The summed E-state index contributed by atoms with van der Waals surface area (Å²) in [4.78, 5) is 51.2. The second kappa shape index (κ2) is 7.50. The SMILES string of the molecule is COc1ccccc1NC(=O)COC(=O)[C@H](C)N1C(=O)[C@@H]2[C@H]3CC[C@@H](C3)[C@@H]2C1=O. The van der Waals surface area contributed by atoms with E-state index >= 15 is 0 Å². The van der Waals surface area contributed by atoms with E-state index in [-0.39, 0.29) is 35.5 Å². The number of esters is 1. The highest BCUT2D eigenvalue weighted by Crippen LogP contribution is 2.56. The van der Waals surface area contributed by atoms with Gasteiger partial charge in [0, 0.05) is 0 Å². The normalized spacial score (nSPS) is 28.3. The smallest absolute Gasteiger partial charge is 0.329 e. The van der Waals surface area contributed by atoms with Gasteiger partial charge in [0.05, 0.1) is 24.6 Å². The monoisotopic (exact) mass is 400 g/mol. The van der Waals surface area contributed by atoms with Crippen molar-refractivity contribution in [3.8, 4) is 5.75 Å². The Hall–Kier alpha value is -2.90. The maximum Gasteiger partial charge on any atom is 0.329 e. The Balaban J connectivity index is 1.35. The number of nitrogens with zero attached hydrogens (tertiary/aromatic N) is 1. The lowest BCUT2D eigenvalue weighted by Gasteiger charge is -2.23. The molecule has 4 rings (SSSR count). The number of carbonyl (C=O) groups is 4. The minimum Gasteiger partial charge on any atom is -0.495 e. The van der Waals surface area contributed by atoms with E-state index in [2.05, 4.69) is 5.32 Å². The topological polar surface area (TPSA) is 102 Å². The Bertz CT molecular complexity index is 840. The molecule has 154 valence electrons. The molecule has 29 heavy (non-hydrogen) atoms. The maximum atomic E-state index is 12.8. The molecule has 3 aliphatic rings. The standard InChI is InChI=1S/C21H24N2O6/c1-11(23-19(25)17-12-7-8-13(9-12)18(17)20(23)26)21(27)29-10-16(24)22-14-5-3-4-6-15(14)28-2/h3-6,11-13,17-18H,7-10H2,1-2H3,(H,22,24)/t11-,12-,13-,17-,18+/m0/s1. The van der Waals surface area contributed by atoms with Gasteiger partial charge in [-0.3, -0.25) is 19.3 Å². The number of rotatable bonds is 6. The zero-order chi connectivity index (χ0) is 20.7. The molecule has 1 heterocycles. The van der Waals surface area contributed by atoms with Crippen LogP contribution in [0.4, 0.5) is 5.69 Å². The molecule has 0 spiro atoms. The lowest BCUT2D eigenvalue weighted by molar-refractivity contribution is -0.159. The number of ether oxygens (including phenoxy) is 2. The third kappa shape index (κ3) is 3.26. The second-order valence-corrected chi connectivity index (χ2v) is 7.96. The molecule has 0 radical (unpaired) electrons. The van der Waals surface area contributed by atoms with Crippen molar-refractivity contribution in [2.45, 2.75) is 32.2 Å². The van der Waals surface area contributed by atoms with Crippen molar-refractivity contribution in [2.24, 2.45) is 23.7 Å². The quantitative estimate of drug-likeness (QED) is 0.575. The van der Waals surface area contributed by atoms with Gasteiger partial charge in [-0.1, -0.05) is 12.1 Å². The van der Waals surface area contributed by atoms with E-state index < -0.39 is 24.5 Å². The summed E-state index contributed by atoms with van der Waals surface area (Å²) in [5.41, 5.74) is 0.456. The number of nitrogens with one attached hydrogen (secondary N) is 1. The van der Waals surface area contributed by atoms with Crippen molar-refractivity contribution in [1.82, 2.24) is 4.90 Å². The number of imide groups is 1. The first kappa shape index (κ1) is 19.4. The van der Waals surface area contributed by atoms with Gasteiger partial charge in [0.15, 0.2) is 6.61 Å². The molecule has 8 heteroatoms. The number of para-hydroxylation sites is 2. The first-order valence-corrected chi connectivity index (χ1v) is 9.88. The largest absolute Gasteiger partial charge is 0.495 e. The fourth-order valence-corrected chi connectivity index (χ4v) is 5.11. The summed E-state index contributed by atoms with van der Waals surface area (Å²) >= 11 is 0. The number of benzene rings is 1. The molecule has 2 saturated carbocycles. The van der Waals surface area contributed by atoms with E-state index in [0.29, 0.717) is 11.4 Å². The first-order chi connectivity index (χ1) is 13.9. The van der Waals surface area contributed by atoms with Crippen molar-refractivity contribution in [1.29, 1.82) is 0 Å². The third-order valence-electron chi connectivity index (χ3n) is 6.42. The molecule has 8 nitrogen and oxygen atoms in total. The molecule has 1 aromatic carbocycles. The van der Waals surface area contributed by atoms with Gasteiger partial charge in [0.2, 0.25) is 11.8 Å². The summed E-state index contributed by atoms with van der Waals surface area (Å²) in [7, 11) is 1.48. The van der Waals surface area contributed by atoms with Gasteiger partial charge in [-0.15, -0.1) is 0 Å². The number of anilines is 1. The van der Waals surface area contributed by atoms with Crippen LogP contribution in [0.1, 0.15) is 26.2 Å². The average molecular weight is 400 g/mol. The van der Waals surface area contributed by atoms with Crippen LogP contribution in [0.3, 0.4) is 0 Å². The molecule has 2 aliphatic carbocycles. The minimum atomic E-state index is -1.04. The van der Waals surface area contributed by atoms with Crippen LogP contribution in [0, 0.1) is 23.7 Å². The van der Waals surface area contributed by atoms with Crippen molar-refractivity contribution in [3.63, 3.8) is 0 Å². The maximum absolute atomic E-state index is 12.8. The van der Waals surface area contributed by atoms with E-state index in [1.54, 1.807) is 24.3 Å². The van der Waals surface area contributed by atoms with Gasteiger partial charge in [0.25, 0.3) is 5.91 Å². The molecular weight excluding hydrogens is 376 g/mol. The number of hydrogen-bond donors (Lipinski definition) is 1. The Morgan fingerprint density at radius 3 is 2.38 bits per heavy atom. The number of carbonyl (C=O) groups excluding carboxylic acids is 4. The molecule has 1 aromatic rings. The highest BCUT2D eigenvalue weighted by molar-refractivity contribution is 6.08. The molecular formula is C21H24N2O6. The van der Waals surface area contributed by atoms with Crippen LogP contribution >= 0.6 is 0 Å². The van der Waals surface area contributed by atoms with Crippen LogP contribution in [0.5, 0.6) is 5.75 Å². The van der Waals surface area contributed by atoms with E-state index in [4.69, 9.17) is 9.47 Å². The zero-order valence-electron chi connectivity index (χ0n) is 16.4. The number of hydrogen-bond acceptors (Lipinski definition) is 6. The fourth-order valence-electron chi connectivity index (χ4n) is 5.11. The minimum absolute atomic E-state index is 0.251. The Labute approximate surface area is 168 Å². The second-order valence-electron chi connectivity index (χ2n) is 7.96. The predicted molar refractivity (Wildman–Crippen MR) is 102 cm³/mol. The summed E-state index contributed by atoms with van der Waals surface area (Å²) in [5, 5.41) is 2.61. The Kier molecular flexibility index (Phi) is 5.02. The number of fused-ring (bicyclic) bond motifs is 5. The van der Waals surface area contributed by atoms with E-state index in [1.165, 1.54) is 14.0 Å². The Morgan fingerprint density at radius 1 is 1.14 bits per heavy atom. The van der Waals surface area contributed by atoms with E-state index in [0.717, 1.165) is 24.2 Å². The molecule has 3 amide bonds. The van der Waals surface area contributed by atoms with Crippen molar-refractivity contribution >= 4 is 29.4 Å². The van der Waals surface area contributed by atoms with Crippen molar-refractivity contribution in [3.05, 3.63) is 24.3 Å². The lowest BCUT2D eigenvalue weighted by atomic mass is 9.81. The van der Waals surface area contributed by atoms with Crippen LogP contribution in [-0.2, 0) is 23.9 Å². The highest BCUT2D eigenvalue weighted by atomic mass is 16.5. The van der Waals surface area contributed by atoms with Gasteiger partial charge in [0.1, 0.15) is 11.8 Å². The summed E-state index contributed by atoms with van der Waals surface area (Å²) in [6.07, 6.45) is 2.88. The van der Waals surface area contributed by atoms with Crippen LogP contribution in [0.2, 0.25) is 0 Å². The molecule has 2 bridgehead atoms. The number of amides is 3. The molecule has 1 aliphatic heterocycles.